The largest absolute Gasteiger partial charge is 0.363 e. The van der Waals surface area contributed by atoms with Gasteiger partial charge in [-0.25, -0.2) is 4.98 Å². The minimum absolute atomic E-state index is 0.385. The van der Waals surface area contributed by atoms with Gasteiger partial charge in [0, 0.05) is 19.4 Å². The van der Waals surface area contributed by atoms with Crippen molar-refractivity contribution in [3.05, 3.63) is 23.2 Å². The highest BCUT2D eigenvalue weighted by Gasteiger charge is 2.06. The molecule has 0 radical (unpaired) electrons. The average Bonchev–Trinajstić information content (AvgIpc) is 2.87. The molecule has 2 aromatic heterocycles. The fourth-order valence-electron chi connectivity index (χ4n) is 1.11. The molecule has 0 bridgehead atoms. The van der Waals surface area contributed by atoms with E-state index in [0.717, 1.165) is 10.1 Å². The van der Waals surface area contributed by atoms with E-state index in [1.165, 1.54) is 11.3 Å². The summed E-state index contributed by atoms with van der Waals surface area (Å²) in [7, 11) is 1.79. The molecule has 2 aromatic rings. The molecule has 6 nitrogen and oxygen atoms in total. The lowest BCUT2D eigenvalue weighted by Gasteiger charge is -1.97. The Bertz CT molecular complexity index is 493. The Kier molecular flexibility index (Phi) is 2.60. The lowest BCUT2D eigenvalue weighted by atomic mass is 10.6. The van der Waals surface area contributed by atoms with E-state index in [4.69, 9.17) is 5.26 Å². The molecule has 0 aliphatic rings. The number of nitrogens with one attached hydrogen (secondary N) is 1. The van der Waals surface area contributed by atoms with E-state index in [0.29, 0.717) is 12.4 Å². The molecule has 0 atom stereocenters. The van der Waals surface area contributed by atoms with Crippen molar-refractivity contribution >= 4 is 16.5 Å². The molecule has 0 spiro atoms. The first-order valence-corrected chi connectivity index (χ1v) is 5.06. The normalized spacial score (nSPS) is 9.87. The summed E-state index contributed by atoms with van der Waals surface area (Å²) in [6, 6.07) is 2.01. The molecule has 2 heterocycles. The van der Waals surface area contributed by atoms with Crippen LogP contribution in [0.15, 0.2) is 12.4 Å². The Balaban J connectivity index is 2.19. The number of hydrogen-bond acceptors (Lipinski definition) is 6. The zero-order valence-electron chi connectivity index (χ0n) is 8.01. The van der Waals surface area contributed by atoms with Gasteiger partial charge in [0.05, 0.1) is 6.54 Å². The number of nitrogens with zero attached hydrogens (tertiary/aromatic N) is 5. The lowest BCUT2D eigenvalue weighted by molar-refractivity contribution is 0.764. The molecule has 1 N–H and O–H groups in total. The maximum absolute atomic E-state index is 8.76. The van der Waals surface area contributed by atoms with Gasteiger partial charge in [-0.15, -0.1) is 10.2 Å². The third-order valence-corrected chi connectivity index (χ3v) is 2.73. The topological polar surface area (TPSA) is 79.4 Å². The Hall–Kier alpha value is -1.94. The van der Waals surface area contributed by atoms with E-state index in [1.54, 1.807) is 24.0 Å². The predicted molar refractivity (Wildman–Crippen MR) is 55.5 cm³/mol. The van der Waals surface area contributed by atoms with E-state index in [2.05, 4.69) is 20.5 Å². The summed E-state index contributed by atoms with van der Waals surface area (Å²) in [5.41, 5.74) is 0. The van der Waals surface area contributed by atoms with Crippen LogP contribution < -0.4 is 5.32 Å². The van der Waals surface area contributed by atoms with Crippen LogP contribution in [0.25, 0.3) is 0 Å². The van der Waals surface area contributed by atoms with E-state index < -0.39 is 0 Å². The predicted octanol–water partition coefficient (Wildman–Crippen LogP) is 0.696. The van der Waals surface area contributed by atoms with Crippen molar-refractivity contribution in [2.45, 2.75) is 6.54 Å². The van der Waals surface area contributed by atoms with Crippen LogP contribution in [0.4, 0.5) is 5.13 Å². The van der Waals surface area contributed by atoms with Crippen LogP contribution in [-0.4, -0.2) is 26.8 Å². The Morgan fingerprint density at radius 2 is 2.47 bits per heavy atom. The molecule has 0 unspecified atom stereocenters. The highest BCUT2D eigenvalue weighted by atomic mass is 32.1. The Labute approximate surface area is 90.2 Å². The number of hydrogen-bond donors (Lipinski definition) is 1. The van der Waals surface area contributed by atoms with Crippen LogP contribution in [0.5, 0.6) is 0 Å². The first kappa shape index (κ1) is 9.61. The van der Waals surface area contributed by atoms with Crippen molar-refractivity contribution in [1.82, 2.24) is 19.7 Å². The summed E-state index contributed by atoms with van der Waals surface area (Å²) in [4.78, 5) is 3.90. The number of anilines is 1. The monoisotopic (exact) mass is 220 g/mol. The van der Waals surface area contributed by atoms with Gasteiger partial charge in [0.15, 0.2) is 0 Å². The zero-order chi connectivity index (χ0) is 10.7. The lowest BCUT2D eigenvalue weighted by Crippen LogP contribution is -2.00. The maximum Gasteiger partial charge on any atom is 0.213 e. The molecular formula is C8H8N6S. The van der Waals surface area contributed by atoms with E-state index in [1.807, 2.05) is 6.07 Å². The summed E-state index contributed by atoms with van der Waals surface area (Å²) < 4.78 is 1.74. The number of rotatable bonds is 3. The molecule has 2 rings (SSSR count). The highest BCUT2D eigenvalue weighted by molar-refractivity contribution is 7.15. The van der Waals surface area contributed by atoms with Gasteiger partial charge in [-0.2, -0.15) is 5.26 Å². The van der Waals surface area contributed by atoms with Crippen molar-refractivity contribution in [2.24, 2.45) is 0 Å². The highest BCUT2D eigenvalue weighted by Crippen LogP contribution is 2.15. The third-order valence-electron chi connectivity index (χ3n) is 1.80. The van der Waals surface area contributed by atoms with E-state index >= 15 is 0 Å². The Morgan fingerprint density at radius 3 is 3.13 bits per heavy atom. The number of imidazole rings is 1. The van der Waals surface area contributed by atoms with Crippen LogP contribution in [0.3, 0.4) is 0 Å². The summed E-state index contributed by atoms with van der Waals surface area (Å²) in [6.45, 7) is 0.530. The Morgan fingerprint density at radius 1 is 1.60 bits per heavy atom. The fraction of sp³-hybridized carbons (Fsp3) is 0.250. The molecule has 76 valence electrons. The van der Waals surface area contributed by atoms with Crippen LogP contribution in [-0.2, 0) is 6.54 Å². The second-order valence-corrected chi connectivity index (χ2v) is 3.80. The molecule has 0 saturated carbocycles. The third kappa shape index (κ3) is 1.94. The smallest absolute Gasteiger partial charge is 0.213 e. The molecule has 0 aliphatic heterocycles. The van der Waals surface area contributed by atoms with Gasteiger partial charge in [-0.05, 0) is 0 Å². The minimum atomic E-state index is 0.385. The fourth-order valence-corrected chi connectivity index (χ4v) is 1.81. The zero-order valence-corrected chi connectivity index (χ0v) is 8.82. The first-order chi connectivity index (χ1) is 7.33. The van der Waals surface area contributed by atoms with Gasteiger partial charge in [0.2, 0.25) is 11.0 Å². The SMILES string of the molecule is CNc1nnc(Cn2ccnc2C#N)s1. The molecule has 15 heavy (non-hydrogen) atoms. The van der Waals surface area contributed by atoms with E-state index in [9.17, 15) is 0 Å². The van der Waals surface area contributed by atoms with Gasteiger partial charge < -0.3 is 9.88 Å². The van der Waals surface area contributed by atoms with Crippen molar-refractivity contribution in [3.63, 3.8) is 0 Å². The number of aromatic nitrogens is 4. The second-order valence-electron chi connectivity index (χ2n) is 2.74. The average molecular weight is 220 g/mol. The van der Waals surface area contributed by atoms with Crippen molar-refractivity contribution < 1.29 is 0 Å². The van der Waals surface area contributed by atoms with Crippen LogP contribution in [0, 0.1) is 11.3 Å². The second kappa shape index (κ2) is 4.06. The van der Waals surface area contributed by atoms with Gasteiger partial charge in [0.1, 0.15) is 11.1 Å². The quantitative estimate of drug-likeness (QED) is 0.823. The molecule has 0 aromatic carbocycles. The van der Waals surface area contributed by atoms with Gasteiger partial charge in [0.25, 0.3) is 0 Å². The van der Waals surface area contributed by atoms with Gasteiger partial charge in [-0.1, -0.05) is 11.3 Å². The maximum atomic E-state index is 8.76. The van der Waals surface area contributed by atoms with E-state index in [-0.39, 0.29) is 0 Å². The molecule has 0 amide bonds. The summed E-state index contributed by atoms with van der Waals surface area (Å²) in [5, 5.41) is 21.2. The van der Waals surface area contributed by atoms with Gasteiger partial charge in [-0.3, -0.25) is 0 Å². The van der Waals surface area contributed by atoms with Crippen LogP contribution >= 0.6 is 11.3 Å². The summed E-state index contributed by atoms with van der Waals surface area (Å²) in [5.74, 6) is 0.385. The minimum Gasteiger partial charge on any atom is -0.363 e. The summed E-state index contributed by atoms with van der Waals surface area (Å²) >= 11 is 1.46. The standard InChI is InChI=1S/C8H8N6S/c1-10-8-13-12-7(15-8)5-14-3-2-11-6(14)4-9/h2-3H,5H2,1H3,(H,10,13). The van der Waals surface area contributed by atoms with Gasteiger partial charge >= 0.3 is 0 Å². The first-order valence-electron chi connectivity index (χ1n) is 4.25. The van der Waals surface area contributed by atoms with Crippen LogP contribution in [0.2, 0.25) is 0 Å². The molecule has 0 saturated heterocycles. The van der Waals surface area contributed by atoms with Crippen molar-refractivity contribution in [2.75, 3.05) is 12.4 Å². The van der Waals surface area contributed by atoms with Crippen LogP contribution in [0.1, 0.15) is 10.8 Å². The molecule has 0 aliphatic carbocycles. The summed E-state index contributed by atoms with van der Waals surface area (Å²) in [6.07, 6.45) is 3.34. The number of nitriles is 1. The van der Waals surface area contributed by atoms with Crippen molar-refractivity contribution in [1.29, 1.82) is 5.26 Å². The molecule has 0 fully saturated rings. The molecule has 7 heteroatoms. The molecular weight excluding hydrogens is 212 g/mol. The van der Waals surface area contributed by atoms with Crippen molar-refractivity contribution in [3.8, 4) is 6.07 Å².